The highest BCUT2D eigenvalue weighted by Gasteiger charge is 2.20. The normalized spacial score (nSPS) is 11.5. The molecule has 2 aromatic carbocycles. The van der Waals surface area contributed by atoms with Crippen LogP contribution in [0.5, 0.6) is 5.75 Å². The molecule has 0 bridgehead atoms. The number of carbonyl (C=O) groups excluding carboxylic acids is 2. The van der Waals surface area contributed by atoms with Gasteiger partial charge in [0.05, 0.1) is 42.2 Å². The van der Waals surface area contributed by atoms with Gasteiger partial charge in [0, 0.05) is 10.4 Å². The molecule has 0 spiro atoms. The third-order valence-electron chi connectivity index (χ3n) is 5.20. The number of carbonyl (C=O) groups is 2. The number of hydrogen-bond donors (Lipinski definition) is 3. The first-order chi connectivity index (χ1) is 17.1. The standard InChI is InChI=1S/C25H29ClN6O3S/c1-14-10-16(11-19(26)22(14)29-20(33)13-32(3)4)12-28-25(27)30-24(34)21-15(2)36-31-23(21)17-6-8-18(35-5)9-7-17/h6-11H,12-13H2,1-5H3,(H,29,33)(H3,27,28,30,34). The second-order valence-corrected chi connectivity index (χ2v) is 9.79. The number of aromatic nitrogens is 1. The fourth-order valence-electron chi connectivity index (χ4n) is 3.51. The Balaban J connectivity index is 1.71. The smallest absolute Gasteiger partial charge is 0.261 e. The first-order valence-corrected chi connectivity index (χ1v) is 12.2. The Hall–Kier alpha value is -3.47. The molecule has 36 heavy (non-hydrogen) atoms. The number of nitrogens with zero attached hydrogens (tertiary/aromatic N) is 3. The van der Waals surface area contributed by atoms with Gasteiger partial charge in [-0.25, -0.2) is 4.99 Å². The Bertz CT molecular complexity index is 1260. The molecule has 11 heteroatoms. The number of anilines is 1. The Labute approximate surface area is 219 Å². The number of guanidine groups is 1. The number of benzene rings is 2. The minimum Gasteiger partial charge on any atom is -0.497 e. The zero-order valence-electron chi connectivity index (χ0n) is 20.8. The Morgan fingerprint density at radius 1 is 1.19 bits per heavy atom. The molecule has 0 radical (unpaired) electrons. The van der Waals surface area contributed by atoms with E-state index < -0.39 is 0 Å². The number of likely N-dealkylation sites (N-methyl/N-ethyl adjacent to an activating group) is 1. The maximum atomic E-state index is 13.0. The number of nitrogens with one attached hydrogen (secondary N) is 2. The van der Waals surface area contributed by atoms with Gasteiger partial charge in [0.25, 0.3) is 5.91 Å². The van der Waals surface area contributed by atoms with Crippen LogP contribution in [0, 0.1) is 13.8 Å². The van der Waals surface area contributed by atoms with Crippen LogP contribution in [0.25, 0.3) is 11.3 Å². The summed E-state index contributed by atoms with van der Waals surface area (Å²) in [5, 5.41) is 5.88. The van der Waals surface area contributed by atoms with Crippen molar-refractivity contribution in [1.29, 1.82) is 0 Å². The molecule has 0 saturated carbocycles. The van der Waals surface area contributed by atoms with Crippen molar-refractivity contribution in [3.05, 3.63) is 63.0 Å². The first-order valence-electron chi connectivity index (χ1n) is 11.0. The van der Waals surface area contributed by atoms with E-state index in [4.69, 9.17) is 22.1 Å². The van der Waals surface area contributed by atoms with Crippen LogP contribution >= 0.6 is 23.1 Å². The molecule has 1 heterocycles. The van der Waals surface area contributed by atoms with E-state index in [-0.39, 0.29) is 30.9 Å². The van der Waals surface area contributed by atoms with Crippen LogP contribution in [0.3, 0.4) is 0 Å². The van der Waals surface area contributed by atoms with Crippen LogP contribution in [0.1, 0.15) is 26.4 Å². The molecule has 9 nitrogen and oxygen atoms in total. The Morgan fingerprint density at radius 3 is 2.50 bits per heavy atom. The predicted octanol–water partition coefficient (Wildman–Crippen LogP) is 3.83. The van der Waals surface area contributed by atoms with E-state index in [9.17, 15) is 9.59 Å². The van der Waals surface area contributed by atoms with E-state index in [1.54, 1.807) is 18.1 Å². The summed E-state index contributed by atoms with van der Waals surface area (Å²) >= 11 is 7.65. The van der Waals surface area contributed by atoms with Gasteiger partial charge in [-0.2, -0.15) is 4.37 Å². The lowest BCUT2D eigenvalue weighted by atomic mass is 10.1. The minimum absolute atomic E-state index is 0.0246. The van der Waals surface area contributed by atoms with Gasteiger partial charge in [0.15, 0.2) is 5.96 Å². The summed E-state index contributed by atoms with van der Waals surface area (Å²) in [6, 6.07) is 10.9. The fraction of sp³-hybridized carbons (Fsp3) is 0.280. The lowest BCUT2D eigenvalue weighted by Gasteiger charge is -2.14. The number of hydrogen-bond acceptors (Lipinski definition) is 7. The third-order valence-corrected chi connectivity index (χ3v) is 6.25. The molecule has 0 aliphatic heterocycles. The number of methoxy groups -OCH3 is 1. The monoisotopic (exact) mass is 528 g/mol. The number of halogens is 1. The molecule has 4 N–H and O–H groups in total. The summed E-state index contributed by atoms with van der Waals surface area (Å²) in [6.07, 6.45) is 0. The number of ether oxygens (including phenoxy) is 1. The molecule has 3 rings (SSSR count). The molecule has 0 unspecified atom stereocenters. The number of aryl methyl sites for hydroxylation is 2. The molecule has 0 aliphatic rings. The highest BCUT2D eigenvalue weighted by molar-refractivity contribution is 7.06. The molecular formula is C25H29ClN6O3S. The highest BCUT2D eigenvalue weighted by Crippen LogP contribution is 2.30. The van der Waals surface area contributed by atoms with E-state index in [0.29, 0.717) is 27.7 Å². The summed E-state index contributed by atoms with van der Waals surface area (Å²) in [5.41, 5.74) is 9.96. The van der Waals surface area contributed by atoms with Crippen molar-refractivity contribution in [1.82, 2.24) is 14.6 Å². The first kappa shape index (κ1) is 27.1. The molecule has 0 fully saturated rings. The van der Waals surface area contributed by atoms with Gasteiger partial charge in [0.2, 0.25) is 5.91 Å². The summed E-state index contributed by atoms with van der Waals surface area (Å²) in [7, 11) is 5.22. The molecule has 3 aromatic rings. The lowest BCUT2D eigenvalue weighted by molar-refractivity contribution is -0.116. The van der Waals surface area contributed by atoms with Crippen LogP contribution in [0.15, 0.2) is 41.4 Å². The van der Waals surface area contributed by atoms with Crippen molar-refractivity contribution >= 4 is 46.6 Å². The van der Waals surface area contributed by atoms with E-state index in [0.717, 1.165) is 21.6 Å². The van der Waals surface area contributed by atoms with Crippen molar-refractivity contribution in [2.45, 2.75) is 20.4 Å². The molecule has 0 atom stereocenters. The van der Waals surface area contributed by atoms with Crippen molar-refractivity contribution in [2.75, 3.05) is 33.1 Å². The number of nitrogens with two attached hydrogens (primary N) is 1. The minimum atomic E-state index is -0.388. The molecule has 1 aromatic heterocycles. The number of rotatable bonds is 8. The summed E-state index contributed by atoms with van der Waals surface area (Å²) in [6.45, 7) is 4.13. The highest BCUT2D eigenvalue weighted by atomic mass is 35.5. The van der Waals surface area contributed by atoms with Gasteiger partial charge < -0.3 is 20.7 Å². The number of aliphatic imine (C=N–C) groups is 1. The second-order valence-electron chi connectivity index (χ2n) is 8.40. The van der Waals surface area contributed by atoms with E-state index in [2.05, 4.69) is 20.0 Å². The molecule has 190 valence electrons. The van der Waals surface area contributed by atoms with Crippen LogP contribution in [-0.2, 0) is 11.3 Å². The molecular weight excluding hydrogens is 500 g/mol. The average molecular weight is 529 g/mol. The van der Waals surface area contributed by atoms with Gasteiger partial charge in [-0.1, -0.05) is 17.7 Å². The fourth-order valence-corrected chi connectivity index (χ4v) is 4.55. The maximum absolute atomic E-state index is 13.0. The quantitative estimate of drug-likeness (QED) is 0.302. The largest absolute Gasteiger partial charge is 0.497 e. The summed E-state index contributed by atoms with van der Waals surface area (Å²) < 4.78 is 9.64. The molecule has 2 amide bonds. The molecule has 0 saturated heterocycles. The topological polar surface area (TPSA) is 122 Å². The van der Waals surface area contributed by atoms with Gasteiger partial charge in [-0.05, 0) is 80.9 Å². The van der Waals surface area contributed by atoms with Crippen molar-refractivity contribution in [3.63, 3.8) is 0 Å². The van der Waals surface area contributed by atoms with Crippen molar-refractivity contribution in [3.8, 4) is 17.0 Å². The van der Waals surface area contributed by atoms with E-state index >= 15 is 0 Å². The average Bonchev–Trinajstić information content (AvgIpc) is 3.21. The van der Waals surface area contributed by atoms with Gasteiger partial charge in [-0.15, -0.1) is 0 Å². The van der Waals surface area contributed by atoms with Gasteiger partial charge >= 0.3 is 0 Å². The van der Waals surface area contributed by atoms with Gasteiger partial charge in [-0.3, -0.25) is 14.9 Å². The summed E-state index contributed by atoms with van der Waals surface area (Å²) in [5.74, 6) is 0.146. The molecule has 0 aliphatic carbocycles. The SMILES string of the molecule is COc1ccc(-c2nsc(C)c2C(=O)NC(N)=NCc2cc(C)c(NC(=O)CN(C)C)c(Cl)c2)cc1. The van der Waals surface area contributed by atoms with Crippen molar-refractivity contribution < 1.29 is 14.3 Å². The van der Waals surface area contributed by atoms with Crippen LogP contribution in [0.2, 0.25) is 5.02 Å². The maximum Gasteiger partial charge on any atom is 0.261 e. The van der Waals surface area contributed by atoms with Crippen LogP contribution in [-0.4, -0.2) is 54.8 Å². The number of amides is 2. The lowest BCUT2D eigenvalue weighted by Crippen LogP contribution is -2.37. The zero-order chi connectivity index (χ0) is 26.4. The summed E-state index contributed by atoms with van der Waals surface area (Å²) in [4.78, 5) is 31.9. The predicted molar refractivity (Wildman–Crippen MR) is 145 cm³/mol. The van der Waals surface area contributed by atoms with E-state index in [1.807, 2.05) is 58.3 Å². The second kappa shape index (κ2) is 12.0. The van der Waals surface area contributed by atoms with Crippen LogP contribution < -0.4 is 21.1 Å². The zero-order valence-corrected chi connectivity index (χ0v) is 22.4. The van der Waals surface area contributed by atoms with Crippen LogP contribution in [0.4, 0.5) is 5.69 Å². The van der Waals surface area contributed by atoms with Gasteiger partial charge in [0.1, 0.15) is 5.75 Å². The Kier molecular flexibility index (Phi) is 9.03. The van der Waals surface area contributed by atoms with E-state index in [1.165, 1.54) is 11.5 Å². The van der Waals surface area contributed by atoms with Crippen molar-refractivity contribution in [2.24, 2.45) is 10.7 Å². The third kappa shape index (κ3) is 6.81. The Morgan fingerprint density at radius 2 is 1.89 bits per heavy atom.